The highest BCUT2D eigenvalue weighted by Crippen LogP contribution is 2.20. The highest BCUT2D eigenvalue weighted by atomic mass is 16.5. The van der Waals surface area contributed by atoms with Crippen LogP contribution in [0, 0.1) is 11.8 Å². The average Bonchev–Trinajstić information content (AvgIpc) is 2.80. The first-order chi connectivity index (χ1) is 8.76. The predicted molar refractivity (Wildman–Crippen MR) is 67.2 cm³/mol. The Morgan fingerprint density at radius 1 is 1.50 bits per heavy atom. The van der Waals surface area contributed by atoms with Gasteiger partial charge in [-0.2, -0.15) is 0 Å². The van der Waals surface area contributed by atoms with Crippen LogP contribution in [0.15, 0.2) is 24.4 Å². The van der Waals surface area contributed by atoms with Gasteiger partial charge in [0.05, 0.1) is 6.61 Å². The summed E-state index contributed by atoms with van der Waals surface area (Å²) >= 11 is 0. The van der Waals surface area contributed by atoms with E-state index in [0.29, 0.717) is 17.7 Å². The van der Waals surface area contributed by atoms with Gasteiger partial charge in [-0.05, 0) is 19.1 Å². The lowest BCUT2D eigenvalue weighted by Gasteiger charge is -1.95. The molecule has 1 aromatic carbocycles. The van der Waals surface area contributed by atoms with Crippen molar-refractivity contribution in [3.05, 3.63) is 35.5 Å². The monoisotopic (exact) mass is 241 g/mol. The Balaban J connectivity index is 2.47. The Morgan fingerprint density at radius 3 is 3.06 bits per heavy atom. The Labute approximate surface area is 104 Å². The van der Waals surface area contributed by atoms with Gasteiger partial charge in [0.15, 0.2) is 6.29 Å². The molecule has 0 aliphatic heterocycles. The molecule has 0 spiro atoms. The smallest absolute Gasteiger partial charge is 0.384 e. The number of ether oxygens (including phenoxy) is 1. The van der Waals surface area contributed by atoms with Crippen LogP contribution in [0.1, 0.15) is 22.8 Å². The molecular weight excluding hydrogens is 230 g/mol. The maximum Gasteiger partial charge on any atom is 0.384 e. The predicted octanol–water partition coefficient (Wildman–Crippen LogP) is 1.90. The van der Waals surface area contributed by atoms with E-state index in [1.807, 2.05) is 12.1 Å². The van der Waals surface area contributed by atoms with Crippen LogP contribution in [0.4, 0.5) is 0 Å². The van der Waals surface area contributed by atoms with Crippen LogP contribution in [0.2, 0.25) is 0 Å². The number of fused-ring (bicyclic) bond motifs is 1. The highest BCUT2D eigenvalue weighted by Gasteiger charge is 2.06. The number of hydrogen-bond donors (Lipinski definition) is 1. The molecule has 18 heavy (non-hydrogen) atoms. The van der Waals surface area contributed by atoms with E-state index in [1.54, 1.807) is 19.2 Å². The van der Waals surface area contributed by atoms with Gasteiger partial charge in [0.1, 0.15) is 0 Å². The second kappa shape index (κ2) is 5.19. The Morgan fingerprint density at radius 2 is 2.33 bits per heavy atom. The number of carbonyl (C=O) groups is 2. The number of esters is 1. The molecule has 4 heteroatoms. The van der Waals surface area contributed by atoms with Gasteiger partial charge in [0.2, 0.25) is 0 Å². The maximum absolute atomic E-state index is 11.2. The Hall–Kier alpha value is -2.54. The molecule has 4 nitrogen and oxygen atoms in total. The van der Waals surface area contributed by atoms with Crippen LogP contribution in [0.5, 0.6) is 0 Å². The van der Waals surface area contributed by atoms with E-state index in [9.17, 15) is 9.59 Å². The zero-order chi connectivity index (χ0) is 13.0. The first kappa shape index (κ1) is 11.9. The van der Waals surface area contributed by atoms with Gasteiger partial charge >= 0.3 is 5.97 Å². The minimum absolute atomic E-state index is 0.293. The summed E-state index contributed by atoms with van der Waals surface area (Å²) in [7, 11) is 0. The molecule has 0 fully saturated rings. The summed E-state index contributed by atoms with van der Waals surface area (Å²) in [6.07, 6.45) is 2.38. The van der Waals surface area contributed by atoms with Crippen LogP contribution in [0.25, 0.3) is 10.9 Å². The highest BCUT2D eigenvalue weighted by molar-refractivity contribution is 6.01. The van der Waals surface area contributed by atoms with Gasteiger partial charge in [0.25, 0.3) is 0 Å². The fourth-order valence-corrected chi connectivity index (χ4v) is 1.69. The third kappa shape index (κ3) is 2.25. The molecule has 1 N–H and O–H groups in total. The summed E-state index contributed by atoms with van der Waals surface area (Å²) < 4.78 is 4.72. The van der Waals surface area contributed by atoms with E-state index in [0.717, 1.165) is 17.2 Å². The van der Waals surface area contributed by atoms with Gasteiger partial charge in [-0.3, -0.25) is 4.79 Å². The normalized spacial score (nSPS) is 9.61. The molecule has 0 unspecified atom stereocenters. The molecule has 0 bridgehead atoms. The number of aromatic nitrogens is 1. The van der Waals surface area contributed by atoms with Crippen molar-refractivity contribution in [3.63, 3.8) is 0 Å². The van der Waals surface area contributed by atoms with E-state index in [2.05, 4.69) is 16.8 Å². The third-order valence-corrected chi connectivity index (χ3v) is 2.44. The van der Waals surface area contributed by atoms with E-state index in [-0.39, 0.29) is 0 Å². The van der Waals surface area contributed by atoms with Crippen molar-refractivity contribution in [2.24, 2.45) is 0 Å². The molecule has 0 saturated heterocycles. The molecule has 0 amide bonds. The third-order valence-electron chi connectivity index (χ3n) is 2.44. The minimum Gasteiger partial charge on any atom is -0.456 e. The zero-order valence-electron chi connectivity index (χ0n) is 9.82. The molecule has 1 aromatic heterocycles. The van der Waals surface area contributed by atoms with Crippen molar-refractivity contribution in [1.82, 2.24) is 4.98 Å². The van der Waals surface area contributed by atoms with Crippen LogP contribution >= 0.6 is 0 Å². The number of hydrogen-bond acceptors (Lipinski definition) is 3. The van der Waals surface area contributed by atoms with Crippen LogP contribution in [-0.2, 0) is 9.53 Å². The number of nitrogens with one attached hydrogen (secondary N) is 1. The molecule has 90 valence electrons. The molecule has 0 radical (unpaired) electrons. The minimum atomic E-state index is -0.572. The van der Waals surface area contributed by atoms with Crippen molar-refractivity contribution >= 4 is 23.2 Å². The summed E-state index contributed by atoms with van der Waals surface area (Å²) in [5.41, 5.74) is 1.97. The summed E-state index contributed by atoms with van der Waals surface area (Å²) in [6, 6.07) is 5.41. The molecule has 0 atom stereocenters. The lowest BCUT2D eigenvalue weighted by Crippen LogP contribution is -1.99. The van der Waals surface area contributed by atoms with E-state index in [1.165, 1.54) is 0 Å². The van der Waals surface area contributed by atoms with Gasteiger partial charge < -0.3 is 9.72 Å². The second-order valence-corrected chi connectivity index (χ2v) is 3.56. The van der Waals surface area contributed by atoms with Crippen molar-refractivity contribution in [3.8, 4) is 11.8 Å². The molecule has 0 aliphatic carbocycles. The fourth-order valence-electron chi connectivity index (χ4n) is 1.69. The van der Waals surface area contributed by atoms with Gasteiger partial charge in [-0.1, -0.05) is 12.0 Å². The molecule has 2 rings (SSSR count). The van der Waals surface area contributed by atoms with Gasteiger partial charge in [0, 0.05) is 34.1 Å². The number of aromatic amines is 1. The Bertz CT molecular complexity index is 658. The van der Waals surface area contributed by atoms with E-state index in [4.69, 9.17) is 4.74 Å². The second-order valence-electron chi connectivity index (χ2n) is 3.56. The molecule has 2 aromatic rings. The first-order valence-corrected chi connectivity index (χ1v) is 5.50. The van der Waals surface area contributed by atoms with Gasteiger partial charge in [-0.25, -0.2) is 4.79 Å². The van der Waals surface area contributed by atoms with E-state index < -0.39 is 5.97 Å². The largest absolute Gasteiger partial charge is 0.456 e. The average molecular weight is 241 g/mol. The lowest BCUT2D eigenvalue weighted by molar-refractivity contribution is -0.136. The van der Waals surface area contributed by atoms with Crippen molar-refractivity contribution in [2.75, 3.05) is 6.61 Å². The fraction of sp³-hybridized carbons (Fsp3) is 0.143. The first-order valence-electron chi connectivity index (χ1n) is 5.50. The van der Waals surface area contributed by atoms with Gasteiger partial charge in [-0.15, -0.1) is 0 Å². The number of carbonyl (C=O) groups excluding carboxylic acids is 2. The SMILES string of the molecule is CCOC(=O)C#Cc1cccc2[nH]cc(C=O)c12. The molecule has 0 aliphatic rings. The summed E-state index contributed by atoms with van der Waals surface area (Å²) in [5, 5.41) is 0.726. The molecular formula is C14H11NO3. The van der Waals surface area contributed by atoms with Crippen molar-refractivity contribution in [1.29, 1.82) is 0 Å². The lowest BCUT2D eigenvalue weighted by atomic mass is 10.1. The van der Waals surface area contributed by atoms with Crippen LogP contribution in [0.3, 0.4) is 0 Å². The quantitative estimate of drug-likeness (QED) is 0.496. The number of aldehydes is 1. The summed E-state index contributed by atoms with van der Waals surface area (Å²) in [6.45, 7) is 2.01. The maximum atomic E-state index is 11.2. The number of rotatable bonds is 2. The van der Waals surface area contributed by atoms with E-state index >= 15 is 0 Å². The molecule has 0 saturated carbocycles. The topological polar surface area (TPSA) is 59.2 Å². The van der Waals surface area contributed by atoms with Crippen LogP contribution in [-0.4, -0.2) is 23.8 Å². The Kier molecular flexibility index (Phi) is 3.44. The van der Waals surface area contributed by atoms with Crippen molar-refractivity contribution in [2.45, 2.75) is 6.92 Å². The van der Waals surface area contributed by atoms with Crippen LogP contribution < -0.4 is 0 Å². The zero-order valence-corrected chi connectivity index (χ0v) is 9.82. The number of benzene rings is 1. The number of H-pyrrole nitrogens is 1. The van der Waals surface area contributed by atoms with Crippen molar-refractivity contribution < 1.29 is 14.3 Å². The summed E-state index contributed by atoms with van der Waals surface area (Å²) in [5.74, 6) is 4.55. The summed E-state index contributed by atoms with van der Waals surface area (Å²) in [4.78, 5) is 25.1. The molecule has 1 heterocycles. The standard InChI is InChI=1S/C14H11NO3/c1-2-18-13(17)7-6-10-4-3-5-12-14(10)11(9-16)8-15-12/h3-5,8-9,15H,2H2,1H3.